The SMILES string of the molecule is Cc1nn(-c2cccc(C(F)(F)F)c2)c(C)c1C1NC(=O)N(Cc2ccc(-c3ccc(OCC(N)=O)cc3)cc2)C1=O. The van der Waals surface area contributed by atoms with Crippen LogP contribution in [0.15, 0.2) is 72.8 Å². The summed E-state index contributed by atoms with van der Waals surface area (Å²) in [5.41, 5.74) is 8.28. The molecule has 1 saturated heterocycles. The molecular weight excluding hydrogens is 551 g/mol. The molecule has 0 spiro atoms. The quantitative estimate of drug-likeness (QED) is 0.291. The maximum absolute atomic E-state index is 13.4. The smallest absolute Gasteiger partial charge is 0.416 e. The van der Waals surface area contributed by atoms with Gasteiger partial charge in [-0.3, -0.25) is 14.5 Å². The Morgan fingerprint density at radius 1 is 1.00 bits per heavy atom. The number of carbonyl (C=O) groups is 3. The Kier molecular flexibility index (Phi) is 7.46. The van der Waals surface area contributed by atoms with Crippen LogP contribution < -0.4 is 15.8 Å². The van der Waals surface area contributed by atoms with E-state index in [1.807, 2.05) is 36.4 Å². The third-order valence-corrected chi connectivity index (χ3v) is 6.94. The molecule has 9 nitrogen and oxygen atoms in total. The van der Waals surface area contributed by atoms with Crippen LogP contribution in [0, 0.1) is 13.8 Å². The van der Waals surface area contributed by atoms with Gasteiger partial charge in [0, 0.05) is 11.3 Å². The van der Waals surface area contributed by atoms with Gasteiger partial charge < -0.3 is 15.8 Å². The number of nitrogens with one attached hydrogen (secondary N) is 1. The fraction of sp³-hybridized carbons (Fsp3) is 0.200. The Bertz CT molecular complexity index is 1660. The third-order valence-electron chi connectivity index (χ3n) is 6.94. The molecule has 5 rings (SSSR count). The number of aromatic nitrogens is 2. The van der Waals surface area contributed by atoms with Gasteiger partial charge in [0.1, 0.15) is 11.8 Å². The molecule has 1 aliphatic heterocycles. The molecule has 0 radical (unpaired) electrons. The van der Waals surface area contributed by atoms with Crippen molar-refractivity contribution >= 4 is 17.8 Å². The van der Waals surface area contributed by atoms with Crippen molar-refractivity contribution in [2.45, 2.75) is 32.6 Å². The number of aryl methyl sites for hydroxylation is 1. The van der Waals surface area contributed by atoms with E-state index < -0.39 is 35.6 Å². The zero-order valence-electron chi connectivity index (χ0n) is 22.6. The molecule has 1 aliphatic rings. The molecule has 2 heterocycles. The Labute approximate surface area is 238 Å². The predicted molar refractivity (Wildman–Crippen MR) is 146 cm³/mol. The molecule has 12 heteroatoms. The minimum absolute atomic E-state index is 0.0290. The van der Waals surface area contributed by atoms with Gasteiger partial charge in [-0.15, -0.1) is 0 Å². The van der Waals surface area contributed by atoms with E-state index in [2.05, 4.69) is 10.4 Å². The molecule has 4 aromatic rings. The number of ether oxygens (including phenoxy) is 1. The monoisotopic (exact) mass is 577 g/mol. The van der Waals surface area contributed by atoms with Crippen molar-refractivity contribution in [2.24, 2.45) is 5.73 Å². The van der Waals surface area contributed by atoms with Crippen molar-refractivity contribution in [3.8, 4) is 22.6 Å². The molecule has 42 heavy (non-hydrogen) atoms. The molecule has 0 aliphatic carbocycles. The molecule has 0 bridgehead atoms. The maximum Gasteiger partial charge on any atom is 0.416 e. The number of carbonyl (C=O) groups excluding carboxylic acids is 3. The zero-order valence-corrected chi connectivity index (χ0v) is 22.6. The number of benzene rings is 3. The highest BCUT2D eigenvalue weighted by atomic mass is 19.4. The van der Waals surface area contributed by atoms with Gasteiger partial charge in [0.15, 0.2) is 6.61 Å². The van der Waals surface area contributed by atoms with Gasteiger partial charge in [-0.05, 0) is 60.9 Å². The van der Waals surface area contributed by atoms with Crippen molar-refractivity contribution < 1.29 is 32.3 Å². The summed E-state index contributed by atoms with van der Waals surface area (Å²) in [6, 6.07) is 17.6. The minimum atomic E-state index is -4.52. The van der Waals surface area contributed by atoms with Crippen LogP contribution in [0.1, 0.15) is 34.1 Å². The summed E-state index contributed by atoms with van der Waals surface area (Å²) in [6.07, 6.45) is -4.52. The Hall–Kier alpha value is -5.13. The lowest BCUT2D eigenvalue weighted by molar-refractivity contribution is -0.137. The first kappa shape index (κ1) is 28.4. The first-order valence-corrected chi connectivity index (χ1v) is 12.9. The number of halogens is 3. The average molecular weight is 578 g/mol. The Balaban J connectivity index is 1.31. The molecule has 216 valence electrons. The molecule has 1 aromatic heterocycles. The number of rotatable bonds is 8. The summed E-state index contributed by atoms with van der Waals surface area (Å²) in [4.78, 5) is 38.2. The fourth-order valence-electron chi connectivity index (χ4n) is 4.89. The van der Waals surface area contributed by atoms with Gasteiger partial charge >= 0.3 is 12.2 Å². The summed E-state index contributed by atoms with van der Waals surface area (Å²) in [5.74, 6) is -0.542. The minimum Gasteiger partial charge on any atom is -0.484 e. The Morgan fingerprint density at radius 3 is 2.26 bits per heavy atom. The Morgan fingerprint density at radius 2 is 1.64 bits per heavy atom. The number of hydrogen-bond donors (Lipinski definition) is 2. The second-order valence-corrected chi connectivity index (χ2v) is 9.83. The van der Waals surface area contributed by atoms with Crippen LogP contribution in [-0.4, -0.2) is 39.1 Å². The zero-order chi connectivity index (χ0) is 30.2. The lowest BCUT2D eigenvalue weighted by Crippen LogP contribution is -2.30. The van der Waals surface area contributed by atoms with Crippen LogP contribution in [0.5, 0.6) is 5.75 Å². The summed E-state index contributed by atoms with van der Waals surface area (Å²) >= 11 is 0. The van der Waals surface area contributed by atoms with Crippen molar-refractivity contribution in [3.05, 3.63) is 101 Å². The standard InChI is InChI=1S/C30H26F3N5O4/c1-17-26(18(2)38(36-17)23-5-3-4-22(14-23)30(31,32)33)27-28(40)37(29(41)35-27)15-19-6-8-20(9-7-19)21-10-12-24(13-11-21)42-16-25(34)39/h3-14,27H,15-16H2,1-2H3,(H2,34,39)(H,35,41). The lowest BCUT2D eigenvalue weighted by Gasteiger charge is -2.14. The van der Waals surface area contributed by atoms with Crippen LogP contribution in [0.4, 0.5) is 18.0 Å². The molecule has 1 atom stereocenters. The second-order valence-electron chi connectivity index (χ2n) is 9.83. The van der Waals surface area contributed by atoms with Gasteiger partial charge in [-0.25, -0.2) is 9.48 Å². The van der Waals surface area contributed by atoms with Gasteiger partial charge in [0.25, 0.3) is 11.8 Å². The number of hydrogen-bond acceptors (Lipinski definition) is 5. The first-order chi connectivity index (χ1) is 19.9. The van der Waals surface area contributed by atoms with Crippen LogP contribution in [0.25, 0.3) is 16.8 Å². The van der Waals surface area contributed by atoms with Crippen LogP contribution in [-0.2, 0) is 22.3 Å². The molecule has 4 amide bonds. The summed E-state index contributed by atoms with van der Waals surface area (Å²) < 4.78 is 46.4. The number of amides is 4. The number of imide groups is 1. The molecular formula is C30H26F3N5O4. The van der Waals surface area contributed by atoms with Crippen molar-refractivity contribution in [2.75, 3.05) is 6.61 Å². The van der Waals surface area contributed by atoms with E-state index in [-0.39, 0.29) is 18.8 Å². The summed E-state index contributed by atoms with van der Waals surface area (Å²) in [5, 5.41) is 7.07. The maximum atomic E-state index is 13.4. The number of urea groups is 1. The van der Waals surface area contributed by atoms with Crippen molar-refractivity contribution in [1.29, 1.82) is 0 Å². The van der Waals surface area contributed by atoms with E-state index in [0.29, 0.717) is 22.7 Å². The van der Waals surface area contributed by atoms with Crippen LogP contribution in [0.2, 0.25) is 0 Å². The van der Waals surface area contributed by atoms with Gasteiger partial charge in [-0.1, -0.05) is 42.5 Å². The summed E-state index contributed by atoms with van der Waals surface area (Å²) in [7, 11) is 0. The highest BCUT2D eigenvalue weighted by molar-refractivity contribution is 6.04. The molecule has 3 N–H and O–H groups in total. The van der Waals surface area contributed by atoms with E-state index in [1.54, 1.807) is 26.0 Å². The van der Waals surface area contributed by atoms with E-state index in [1.165, 1.54) is 16.8 Å². The topological polar surface area (TPSA) is 120 Å². The van der Waals surface area contributed by atoms with Crippen molar-refractivity contribution in [3.63, 3.8) is 0 Å². The first-order valence-electron chi connectivity index (χ1n) is 12.9. The normalized spacial score (nSPS) is 15.2. The molecule has 1 unspecified atom stereocenters. The van der Waals surface area contributed by atoms with E-state index in [4.69, 9.17) is 10.5 Å². The number of nitrogens with two attached hydrogens (primary N) is 1. The largest absolute Gasteiger partial charge is 0.484 e. The fourth-order valence-corrected chi connectivity index (χ4v) is 4.89. The molecule has 3 aromatic carbocycles. The van der Waals surface area contributed by atoms with E-state index in [9.17, 15) is 27.6 Å². The average Bonchev–Trinajstić information content (AvgIpc) is 3.40. The number of nitrogens with zero attached hydrogens (tertiary/aromatic N) is 3. The van der Waals surface area contributed by atoms with Gasteiger partial charge in [0.05, 0.1) is 23.5 Å². The number of alkyl halides is 3. The van der Waals surface area contributed by atoms with Crippen molar-refractivity contribution in [1.82, 2.24) is 20.0 Å². The third kappa shape index (κ3) is 5.69. The lowest BCUT2D eigenvalue weighted by atomic mass is 10.0. The highest BCUT2D eigenvalue weighted by Gasteiger charge is 2.41. The second kappa shape index (κ2) is 11.0. The van der Waals surface area contributed by atoms with E-state index in [0.717, 1.165) is 33.7 Å². The van der Waals surface area contributed by atoms with Crippen LogP contribution >= 0.6 is 0 Å². The van der Waals surface area contributed by atoms with Gasteiger partial charge in [-0.2, -0.15) is 18.3 Å². The van der Waals surface area contributed by atoms with Gasteiger partial charge in [0.2, 0.25) is 0 Å². The highest BCUT2D eigenvalue weighted by Crippen LogP contribution is 2.33. The summed E-state index contributed by atoms with van der Waals surface area (Å²) in [6.45, 7) is 3.10. The predicted octanol–water partition coefficient (Wildman–Crippen LogP) is 4.83. The van der Waals surface area contributed by atoms with Crippen LogP contribution in [0.3, 0.4) is 0 Å². The molecule has 1 fully saturated rings. The number of primary amides is 1. The van der Waals surface area contributed by atoms with E-state index >= 15 is 0 Å². The molecule has 0 saturated carbocycles.